The summed E-state index contributed by atoms with van der Waals surface area (Å²) in [5.74, 6) is 0.777. The van der Waals surface area contributed by atoms with Crippen LogP contribution in [0.3, 0.4) is 0 Å². The van der Waals surface area contributed by atoms with Crippen LogP contribution in [0.4, 0.5) is 0 Å². The highest BCUT2D eigenvalue weighted by molar-refractivity contribution is 5.63. The molecule has 0 radical (unpaired) electrons. The molecule has 0 bridgehead atoms. The van der Waals surface area contributed by atoms with Crippen molar-refractivity contribution in [3.8, 4) is 0 Å². The van der Waals surface area contributed by atoms with Crippen molar-refractivity contribution in [2.75, 3.05) is 0 Å². The van der Waals surface area contributed by atoms with Gasteiger partial charge in [-0.1, -0.05) is 37.6 Å². The van der Waals surface area contributed by atoms with Crippen molar-refractivity contribution < 1.29 is 4.79 Å². The van der Waals surface area contributed by atoms with Crippen LogP contribution in [-0.4, -0.2) is 6.29 Å². The van der Waals surface area contributed by atoms with Gasteiger partial charge in [-0.2, -0.15) is 0 Å². The first-order valence-electron chi connectivity index (χ1n) is 6.39. The molecular formula is C15H20O. The highest BCUT2D eigenvalue weighted by Gasteiger charge is 2.31. The van der Waals surface area contributed by atoms with Crippen LogP contribution in [0.2, 0.25) is 0 Å². The van der Waals surface area contributed by atoms with E-state index in [1.165, 1.54) is 36.8 Å². The lowest BCUT2D eigenvalue weighted by Crippen LogP contribution is -2.02. The molecule has 1 nitrogen and oxygen atoms in total. The molecule has 0 saturated heterocycles. The third-order valence-electron chi connectivity index (χ3n) is 3.46. The first-order valence-corrected chi connectivity index (χ1v) is 6.39. The molecular weight excluding hydrogens is 196 g/mol. The van der Waals surface area contributed by atoms with Gasteiger partial charge in [-0.25, -0.2) is 0 Å². The molecule has 1 heteroatoms. The lowest BCUT2D eigenvalue weighted by molar-refractivity contribution is -0.109. The number of aryl methyl sites for hydroxylation is 1. The maximum atomic E-state index is 11.0. The smallest absolute Gasteiger partial charge is 0.127 e. The predicted octanol–water partition coefficient (Wildman–Crippen LogP) is 3.72. The zero-order chi connectivity index (χ0) is 11.4. The molecule has 1 aliphatic carbocycles. The summed E-state index contributed by atoms with van der Waals surface area (Å²) in [6, 6.07) is 8.65. The molecule has 1 aliphatic rings. The van der Waals surface area contributed by atoms with E-state index in [2.05, 4.69) is 31.2 Å². The number of benzene rings is 1. The summed E-state index contributed by atoms with van der Waals surface area (Å²) in [5, 5.41) is 0. The van der Waals surface area contributed by atoms with E-state index in [-0.39, 0.29) is 5.92 Å². The predicted molar refractivity (Wildman–Crippen MR) is 66.6 cm³/mol. The lowest BCUT2D eigenvalue weighted by atomic mass is 9.94. The molecule has 0 aromatic heterocycles. The Morgan fingerprint density at radius 1 is 1.31 bits per heavy atom. The van der Waals surface area contributed by atoms with Gasteiger partial charge in [-0.3, -0.25) is 0 Å². The average Bonchev–Trinajstić information content (AvgIpc) is 3.13. The Labute approximate surface area is 97.9 Å². The Hall–Kier alpha value is -1.11. The maximum absolute atomic E-state index is 11.0. The van der Waals surface area contributed by atoms with Crippen LogP contribution in [0.25, 0.3) is 0 Å². The van der Waals surface area contributed by atoms with Crippen LogP contribution < -0.4 is 0 Å². The number of carbonyl (C=O) groups excluding carboxylic acids is 1. The molecule has 0 heterocycles. The molecule has 1 unspecified atom stereocenters. The van der Waals surface area contributed by atoms with Crippen LogP contribution in [0.15, 0.2) is 24.3 Å². The van der Waals surface area contributed by atoms with Gasteiger partial charge in [0.25, 0.3) is 0 Å². The van der Waals surface area contributed by atoms with Crippen molar-refractivity contribution in [3.05, 3.63) is 35.4 Å². The summed E-state index contributed by atoms with van der Waals surface area (Å²) in [4.78, 5) is 11.0. The van der Waals surface area contributed by atoms with E-state index < -0.39 is 0 Å². The van der Waals surface area contributed by atoms with Crippen LogP contribution in [0.1, 0.15) is 49.7 Å². The monoisotopic (exact) mass is 216 g/mol. The van der Waals surface area contributed by atoms with Crippen molar-refractivity contribution in [2.24, 2.45) is 5.92 Å². The quantitative estimate of drug-likeness (QED) is 0.662. The molecule has 1 fully saturated rings. The van der Waals surface area contributed by atoms with E-state index in [1.54, 1.807) is 0 Å². The molecule has 0 N–H and O–H groups in total. The number of carbonyl (C=O) groups is 1. The van der Waals surface area contributed by atoms with Crippen LogP contribution in [0.5, 0.6) is 0 Å². The van der Waals surface area contributed by atoms with Crippen LogP contribution in [0, 0.1) is 5.92 Å². The first-order chi connectivity index (χ1) is 7.85. The van der Waals surface area contributed by atoms with Gasteiger partial charge in [-0.15, -0.1) is 0 Å². The van der Waals surface area contributed by atoms with Crippen LogP contribution in [-0.2, 0) is 11.2 Å². The van der Waals surface area contributed by atoms with E-state index in [9.17, 15) is 4.79 Å². The molecule has 1 atom stereocenters. The minimum Gasteiger partial charge on any atom is -0.303 e. The van der Waals surface area contributed by atoms with Crippen molar-refractivity contribution in [1.29, 1.82) is 0 Å². The van der Waals surface area contributed by atoms with Crippen molar-refractivity contribution >= 4 is 6.29 Å². The fourth-order valence-corrected chi connectivity index (χ4v) is 2.20. The van der Waals surface area contributed by atoms with E-state index >= 15 is 0 Å². The second-order valence-electron chi connectivity index (χ2n) is 4.84. The van der Waals surface area contributed by atoms with Gasteiger partial charge in [-0.05, 0) is 42.7 Å². The minimum atomic E-state index is 0.153. The average molecular weight is 216 g/mol. The number of hydrogen-bond donors (Lipinski definition) is 0. The molecule has 2 rings (SSSR count). The lowest BCUT2D eigenvalue weighted by Gasteiger charge is -2.09. The number of unbranched alkanes of at least 4 members (excludes halogenated alkanes) is 1. The van der Waals surface area contributed by atoms with Gasteiger partial charge in [0.15, 0.2) is 0 Å². The van der Waals surface area contributed by atoms with Crippen molar-refractivity contribution in [2.45, 2.75) is 44.9 Å². The van der Waals surface area contributed by atoms with Gasteiger partial charge in [0, 0.05) is 5.92 Å². The first kappa shape index (κ1) is 11.4. The molecule has 0 amide bonds. The molecule has 1 aromatic carbocycles. The van der Waals surface area contributed by atoms with E-state index in [0.717, 1.165) is 12.7 Å². The van der Waals surface area contributed by atoms with Gasteiger partial charge < -0.3 is 4.79 Å². The van der Waals surface area contributed by atoms with Gasteiger partial charge >= 0.3 is 0 Å². The normalized spacial score (nSPS) is 17.1. The highest BCUT2D eigenvalue weighted by Crippen LogP contribution is 2.41. The van der Waals surface area contributed by atoms with Gasteiger partial charge in [0.05, 0.1) is 0 Å². The largest absolute Gasteiger partial charge is 0.303 e. The Morgan fingerprint density at radius 2 is 2.00 bits per heavy atom. The summed E-state index contributed by atoms with van der Waals surface area (Å²) in [6.07, 6.45) is 7.21. The fraction of sp³-hybridized carbons (Fsp3) is 0.533. The Balaban J connectivity index is 2.02. The van der Waals surface area contributed by atoms with Crippen LogP contribution >= 0.6 is 0 Å². The van der Waals surface area contributed by atoms with Gasteiger partial charge in [0.2, 0.25) is 0 Å². The second-order valence-corrected chi connectivity index (χ2v) is 4.84. The minimum absolute atomic E-state index is 0.153. The summed E-state index contributed by atoms with van der Waals surface area (Å²) >= 11 is 0. The molecule has 16 heavy (non-hydrogen) atoms. The highest BCUT2D eigenvalue weighted by atomic mass is 16.1. The SMILES string of the molecule is CCCCc1ccc(C(C=O)C2CC2)cc1. The summed E-state index contributed by atoms with van der Waals surface area (Å²) in [5.41, 5.74) is 2.60. The Kier molecular flexibility index (Phi) is 3.76. The zero-order valence-corrected chi connectivity index (χ0v) is 9.99. The molecule has 0 spiro atoms. The Bertz CT molecular complexity index is 335. The summed E-state index contributed by atoms with van der Waals surface area (Å²) in [7, 11) is 0. The molecule has 1 saturated carbocycles. The third-order valence-corrected chi connectivity index (χ3v) is 3.46. The number of aldehydes is 1. The number of rotatable bonds is 6. The third kappa shape index (κ3) is 2.72. The van der Waals surface area contributed by atoms with E-state index in [0.29, 0.717) is 5.92 Å². The molecule has 86 valence electrons. The fourth-order valence-electron chi connectivity index (χ4n) is 2.20. The topological polar surface area (TPSA) is 17.1 Å². The van der Waals surface area contributed by atoms with Crippen molar-refractivity contribution in [3.63, 3.8) is 0 Å². The molecule has 0 aliphatic heterocycles. The zero-order valence-electron chi connectivity index (χ0n) is 9.99. The Morgan fingerprint density at radius 3 is 2.50 bits per heavy atom. The summed E-state index contributed by atoms with van der Waals surface area (Å²) in [6.45, 7) is 2.21. The maximum Gasteiger partial charge on any atom is 0.127 e. The molecule has 1 aromatic rings. The van der Waals surface area contributed by atoms with E-state index in [4.69, 9.17) is 0 Å². The summed E-state index contributed by atoms with van der Waals surface area (Å²) < 4.78 is 0. The van der Waals surface area contributed by atoms with E-state index in [1.807, 2.05) is 0 Å². The second kappa shape index (κ2) is 5.29. The van der Waals surface area contributed by atoms with Crippen molar-refractivity contribution in [1.82, 2.24) is 0 Å². The standard InChI is InChI=1S/C15H20O/c1-2-3-4-12-5-7-13(8-6-12)15(11-16)14-9-10-14/h5-8,11,14-15H,2-4,9-10H2,1H3. The number of hydrogen-bond acceptors (Lipinski definition) is 1. The van der Waals surface area contributed by atoms with Gasteiger partial charge in [0.1, 0.15) is 6.29 Å².